The Kier molecular flexibility index (Phi) is 6.69. The first-order chi connectivity index (χ1) is 17.0. The van der Waals surface area contributed by atoms with E-state index in [1.807, 2.05) is 18.2 Å². The fourth-order valence-corrected chi connectivity index (χ4v) is 5.21. The van der Waals surface area contributed by atoms with Crippen LogP contribution in [-0.4, -0.2) is 25.3 Å². The Morgan fingerprint density at radius 2 is 1.74 bits per heavy atom. The van der Waals surface area contributed by atoms with Gasteiger partial charge in [0.15, 0.2) is 0 Å². The molecule has 4 nitrogen and oxygen atoms in total. The number of carbonyl (C=O) groups is 1. The highest BCUT2D eigenvalue weighted by Gasteiger charge is 2.21. The summed E-state index contributed by atoms with van der Waals surface area (Å²) in [7, 11) is 0. The quantitative estimate of drug-likeness (QED) is 0.310. The molecule has 4 aromatic carbocycles. The summed E-state index contributed by atoms with van der Waals surface area (Å²) in [4.78, 5) is 16.6. The van der Waals surface area contributed by atoms with Gasteiger partial charge in [0, 0.05) is 34.6 Å². The first-order valence-electron chi connectivity index (χ1n) is 12.0. The van der Waals surface area contributed by atoms with Gasteiger partial charge in [0.1, 0.15) is 5.75 Å². The monoisotopic (exact) mass is 482 g/mol. The Balaban J connectivity index is 1.41. The molecule has 0 fully saturated rings. The van der Waals surface area contributed by atoms with Crippen molar-refractivity contribution >= 4 is 39.8 Å². The van der Waals surface area contributed by atoms with Gasteiger partial charge in [-0.3, -0.25) is 4.79 Å². The number of hydrogen-bond donors (Lipinski definition) is 1. The second-order valence-electron chi connectivity index (χ2n) is 8.96. The number of amides is 1. The average molecular weight is 483 g/mol. The maximum atomic E-state index is 13.0. The van der Waals surface area contributed by atoms with Crippen molar-refractivity contribution in [2.24, 2.45) is 0 Å². The Labute approximate surface area is 211 Å². The molecule has 0 aliphatic carbocycles. The molecule has 0 atom stereocenters. The molecule has 4 aromatic rings. The van der Waals surface area contributed by atoms with Gasteiger partial charge in [0.25, 0.3) is 5.91 Å². The van der Waals surface area contributed by atoms with Gasteiger partial charge in [-0.2, -0.15) is 0 Å². The first kappa shape index (κ1) is 23.3. The summed E-state index contributed by atoms with van der Waals surface area (Å²) in [6.45, 7) is 6.21. The summed E-state index contributed by atoms with van der Waals surface area (Å²) in [5.74, 6) is 0.654. The average Bonchev–Trinajstić information content (AvgIpc) is 3.10. The molecule has 0 bridgehead atoms. The van der Waals surface area contributed by atoms with Gasteiger partial charge >= 0.3 is 0 Å². The lowest BCUT2D eigenvalue weighted by Crippen LogP contribution is -2.23. The summed E-state index contributed by atoms with van der Waals surface area (Å²) < 4.78 is 6.11. The zero-order valence-electron chi connectivity index (χ0n) is 20.4. The van der Waals surface area contributed by atoms with Crippen LogP contribution in [0, 0.1) is 13.8 Å². The lowest BCUT2D eigenvalue weighted by Gasteiger charge is -2.26. The van der Waals surface area contributed by atoms with E-state index in [4.69, 9.17) is 4.74 Å². The molecule has 0 spiro atoms. The van der Waals surface area contributed by atoms with Crippen LogP contribution in [0.2, 0.25) is 0 Å². The number of ether oxygens (including phenoxy) is 1. The number of nitrogens with one attached hydrogen (secondary N) is 1. The molecule has 0 saturated heterocycles. The van der Waals surface area contributed by atoms with E-state index in [-0.39, 0.29) is 5.91 Å². The molecule has 0 unspecified atom stereocenters. The maximum absolute atomic E-state index is 13.0. The van der Waals surface area contributed by atoms with E-state index < -0.39 is 0 Å². The smallest absolute Gasteiger partial charge is 0.251 e. The van der Waals surface area contributed by atoms with E-state index in [1.54, 1.807) is 11.8 Å². The van der Waals surface area contributed by atoms with Crippen LogP contribution in [0.1, 0.15) is 33.5 Å². The van der Waals surface area contributed by atoms with Crippen molar-refractivity contribution in [1.29, 1.82) is 0 Å². The van der Waals surface area contributed by atoms with Gasteiger partial charge in [-0.25, -0.2) is 0 Å². The summed E-state index contributed by atoms with van der Waals surface area (Å²) in [6.07, 6.45) is 2.97. The maximum Gasteiger partial charge on any atom is 0.251 e. The third-order valence-corrected chi connectivity index (χ3v) is 7.42. The van der Waals surface area contributed by atoms with Gasteiger partial charge in [0.05, 0.1) is 12.3 Å². The zero-order valence-corrected chi connectivity index (χ0v) is 21.2. The van der Waals surface area contributed by atoms with Crippen LogP contribution < -0.4 is 15.0 Å². The van der Waals surface area contributed by atoms with Crippen LogP contribution in [0.3, 0.4) is 0 Å². The summed E-state index contributed by atoms with van der Waals surface area (Å²) in [5.41, 5.74) is 6.34. The first-order valence-corrected chi connectivity index (χ1v) is 13.2. The van der Waals surface area contributed by atoms with Crippen molar-refractivity contribution in [3.63, 3.8) is 0 Å². The lowest BCUT2D eigenvalue weighted by atomic mass is 10.0. The van der Waals surface area contributed by atoms with Crippen LogP contribution >= 0.6 is 11.8 Å². The normalized spacial score (nSPS) is 13.2. The molecule has 178 valence electrons. The van der Waals surface area contributed by atoms with Crippen molar-refractivity contribution in [3.05, 3.63) is 95.1 Å². The molecule has 5 rings (SSSR count). The fourth-order valence-electron chi connectivity index (χ4n) is 4.71. The van der Waals surface area contributed by atoms with Gasteiger partial charge in [-0.05, 0) is 85.0 Å². The number of carbonyl (C=O) groups excluding carboxylic acids is 1. The molecule has 35 heavy (non-hydrogen) atoms. The molecule has 5 heteroatoms. The lowest BCUT2D eigenvalue weighted by molar-refractivity contribution is 0.0950. The van der Waals surface area contributed by atoms with Gasteiger partial charge < -0.3 is 15.0 Å². The second kappa shape index (κ2) is 10.0. The number of rotatable bonds is 5. The zero-order chi connectivity index (χ0) is 24.4. The number of benzene rings is 4. The van der Waals surface area contributed by atoms with Crippen LogP contribution in [-0.2, 0) is 6.54 Å². The molecule has 1 heterocycles. The van der Waals surface area contributed by atoms with Crippen molar-refractivity contribution < 1.29 is 9.53 Å². The standard InChI is InChI=1S/C30H30N2O2S/c1-20-9-13-27(26-8-5-4-7-25(20)26)32-15-6-16-34-29-18-22(11-14-28(29)32)30(33)31-19-23-10-12-24(35-3)17-21(23)2/h4-5,7-14,17-18H,6,15-16,19H2,1-3H3,(H,31,33). The van der Waals surface area contributed by atoms with E-state index >= 15 is 0 Å². The van der Waals surface area contributed by atoms with Crippen molar-refractivity contribution in [1.82, 2.24) is 5.32 Å². The van der Waals surface area contributed by atoms with Crippen LogP contribution in [0.15, 0.2) is 77.7 Å². The third kappa shape index (κ3) is 4.73. The summed E-state index contributed by atoms with van der Waals surface area (Å²) in [6, 6.07) is 25.0. The minimum atomic E-state index is -0.0960. The van der Waals surface area contributed by atoms with Gasteiger partial charge in [-0.1, -0.05) is 36.4 Å². The summed E-state index contributed by atoms with van der Waals surface area (Å²) in [5, 5.41) is 5.56. The van der Waals surface area contributed by atoms with Crippen molar-refractivity contribution in [2.75, 3.05) is 24.3 Å². The molecular weight excluding hydrogens is 452 g/mol. The van der Waals surface area contributed by atoms with Crippen LogP contribution in [0.25, 0.3) is 10.8 Å². The number of fused-ring (bicyclic) bond motifs is 2. The van der Waals surface area contributed by atoms with Crippen molar-refractivity contribution in [3.8, 4) is 5.75 Å². The van der Waals surface area contributed by atoms with Crippen molar-refractivity contribution in [2.45, 2.75) is 31.7 Å². The number of hydrogen-bond acceptors (Lipinski definition) is 4. The molecule has 1 aliphatic heterocycles. The van der Waals surface area contributed by atoms with Gasteiger partial charge in [0.2, 0.25) is 0 Å². The Morgan fingerprint density at radius 3 is 2.54 bits per heavy atom. The highest BCUT2D eigenvalue weighted by atomic mass is 32.2. The minimum absolute atomic E-state index is 0.0960. The van der Waals surface area contributed by atoms with Gasteiger partial charge in [-0.15, -0.1) is 11.8 Å². The molecule has 0 saturated carbocycles. The van der Waals surface area contributed by atoms with E-state index in [0.717, 1.165) is 30.0 Å². The highest BCUT2D eigenvalue weighted by Crippen LogP contribution is 2.40. The predicted molar refractivity (Wildman–Crippen MR) is 146 cm³/mol. The van der Waals surface area contributed by atoms with E-state index in [9.17, 15) is 4.79 Å². The second-order valence-corrected chi connectivity index (χ2v) is 9.84. The number of nitrogens with zero attached hydrogens (tertiary/aromatic N) is 1. The number of anilines is 2. The molecule has 0 aromatic heterocycles. The largest absolute Gasteiger partial charge is 0.491 e. The topological polar surface area (TPSA) is 41.6 Å². The Hall–Kier alpha value is -3.44. The number of aryl methyl sites for hydroxylation is 2. The van der Waals surface area contributed by atoms with E-state index in [1.165, 1.54) is 32.5 Å². The van der Waals surface area contributed by atoms with E-state index in [2.05, 4.69) is 84.9 Å². The Bertz CT molecular complexity index is 1400. The predicted octanol–water partition coefficient (Wildman–Crippen LogP) is 7.03. The minimum Gasteiger partial charge on any atom is -0.491 e. The highest BCUT2D eigenvalue weighted by molar-refractivity contribution is 7.98. The summed E-state index contributed by atoms with van der Waals surface area (Å²) >= 11 is 1.72. The Morgan fingerprint density at radius 1 is 0.943 bits per heavy atom. The van der Waals surface area contributed by atoms with E-state index in [0.29, 0.717) is 18.7 Å². The molecule has 1 amide bonds. The fraction of sp³-hybridized carbons (Fsp3) is 0.233. The molecule has 1 N–H and O–H groups in total. The molecule has 0 radical (unpaired) electrons. The molecular formula is C30H30N2O2S. The third-order valence-electron chi connectivity index (χ3n) is 6.70. The van der Waals surface area contributed by atoms with Crippen LogP contribution in [0.4, 0.5) is 11.4 Å². The molecule has 1 aliphatic rings. The van der Waals surface area contributed by atoms with Crippen LogP contribution in [0.5, 0.6) is 5.75 Å². The number of thioether (sulfide) groups is 1. The SMILES string of the molecule is CSc1ccc(CNC(=O)c2ccc3c(c2)OCCCN3c2ccc(C)c3ccccc23)c(C)c1.